The first-order valence-corrected chi connectivity index (χ1v) is 4.99. The molecule has 0 radical (unpaired) electrons. The van der Waals surface area contributed by atoms with Gasteiger partial charge in [-0.15, -0.1) is 0 Å². The molecule has 1 unspecified atom stereocenters. The molecule has 17 heavy (non-hydrogen) atoms. The van der Waals surface area contributed by atoms with Crippen LogP contribution in [0.2, 0.25) is 0 Å². The van der Waals surface area contributed by atoms with Crippen molar-refractivity contribution in [2.75, 3.05) is 19.1 Å². The molecule has 0 saturated carbocycles. The Morgan fingerprint density at radius 2 is 2.29 bits per heavy atom. The van der Waals surface area contributed by atoms with Gasteiger partial charge in [0.05, 0.1) is 11.5 Å². The van der Waals surface area contributed by atoms with Crippen molar-refractivity contribution in [1.82, 2.24) is 0 Å². The molecule has 0 aliphatic heterocycles. The van der Waals surface area contributed by atoms with Crippen LogP contribution in [0, 0.1) is 10.1 Å². The molecule has 1 aromatic carbocycles. The van der Waals surface area contributed by atoms with Crippen molar-refractivity contribution in [2.24, 2.45) is 5.84 Å². The van der Waals surface area contributed by atoms with Crippen LogP contribution < -0.4 is 16.0 Å². The summed E-state index contributed by atoms with van der Waals surface area (Å²) in [6.45, 7) is 2.10. The molecule has 94 valence electrons. The van der Waals surface area contributed by atoms with E-state index in [2.05, 4.69) is 5.43 Å². The highest BCUT2D eigenvalue weighted by Gasteiger charge is 2.21. The van der Waals surface area contributed by atoms with E-state index in [4.69, 9.17) is 15.3 Å². The first kappa shape index (κ1) is 13.2. The van der Waals surface area contributed by atoms with Crippen molar-refractivity contribution in [3.8, 4) is 5.75 Å². The number of nitro groups is 1. The number of hydrogen-bond acceptors (Lipinski definition) is 6. The Morgan fingerprint density at radius 3 is 2.82 bits per heavy atom. The number of nitrogens with zero attached hydrogens (tertiary/aromatic N) is 1. The van der Waals surface area contributed by atoms with Crippen LogP contribution in [0.1, 0.15) is 6.92 Å². The third-order valence-corrected chi connectivity index (χ3v) is 2.07. The van der Waals surface area contributed by atoms with Crippen LogP contribution in [0.3, 0.4) is 0 Å². The predicted octanol–water partition coefficient (Wildman–Crippen LogP) is 1.29. The molecule has 0 heterocycles. The highest BCUT2D eigenvalue weighted by atomic mass is 16.6. The van der Waals surface area contributed by atoms with Crippen LogP contribution in [-0.4, -0.2) is 24.7 Å². The smallest absolute Gasteiger partial charge is 0.335 e. The van der Waals surface area contributed by atoms with Crippen molar-refractivity contribution < 1.29 is 14.4 Å². The summed E-state index contributed by atoms with van der Waals surface area (Å²) in [7, 11) is 1.53. The highest BCUT2D eigenvalue weighted by molar-refractivity contribution is 5.67. The fraction of sp³-hybridized carbons (Fsp3) is 0.400. The van der Waals surface area contributed by atoms with Crippen molar-refractivity contribution in [3.63, 3.8) is 0 Å². The lowest BCUT2D eigenvalue weighted by atomic mass is 10.2. The van der Waals surface area contributed by atoms with Gasteiger partial charge in [-0.3, -0.25) is 16.0 Å². The molecule has 0 saturated heterocycles. The van der Waals surface area contributed by atoms with Crippen molar-refractivity contribution in [2.45, 2.75) is 13.0 Å². The molecule has 0 aromatic heterocycles. The topological polar surface area (TPSA) is 99.7 Å². The highest BCUT2D eigenvalue weighted by Crippen LogP contribution is 2.34. The van der Waals surface area contributed by atoms with E-state index in [1.807, 2.05) is 0 Å². The van der Waals surface area contributed by atoms with Crippen LogP contribution in [0.15, 0.2) is 18.2 Å². The summed E-state index contributed by atoms with van der Waals surface area (Å²) in [6.07, 6.45) is -0.285. The normalized spacial score (nSPS) is 11.9. The standard InChI is InChI=1S/C10H15N3O4/c1-7(6-16-2)17-9-5-3-4-8(12-11)10(9)13(14)15/h3-5,7,12H,6,11H2,1-2H3. The van der Waals surface area contributed by atoms with E-state index in [0.29, 0.717) is 6.61 Å². The Hall–Kier alpha value is -1.86. The summed E-state index contributed by atoms with van der Waals surface area (Å²) < 4.78 is 10.3. The van der Waals surface area contributed by atoms with Crippen molar-refractivity contribution in [3.05, 3.63) is 28.3 Å². The number of anilines is 1. The molecule has 0 fully saturated rings. The summed E-state index contributed by atoms with van der Waals surface area (Å²) in [5, 5.41) is 10.9. The van der Waals surface area contributed by atoms with Gasteiger partial charge in [0.25, 0.3) is 0 Å². The fourth-order valence-corrected chi connectivity index (χ4v) is 1.41. The predicted molar refractivity (Wildman–Crippen MR) is 62.9 cm³/mol. The molecule has 7 heteroatoms. The maximum atomic E-state index is 10.9. The Balaban J connectivity index is 3.02. The van der Waals surface area contributed by atoms with E-state index in [1.54, 1.807) is 13.0 Å². The summed E-state index contributed by atoms with van der Waals surface area (Å²) in [5.41, 5.74) is 2.29. The van der Waals surface area contributed by atoms with Gasteiger partial charge in [0.1, 0.15) is 11.8 Å². The molecule has 0 aliphatic carbocycles. The maximum absolute atomic E-state index is 10.9. The molecular weight excluding hydrogens is 226 g/mol. The number of methoxy groups -OCH3 is 1. The number of para-hydroxylation sites is 1. The van der Waals surface area contributed by atoms with Gasteiger partial charge in [0, 0.05) is 7.11 Å². The van der Waals surface area contributed by atoms with Gasteiger partial charge in [-0.2, -0.15) is 0 Å². The molecule has 0 aliphatic rings. The second-order valence-corrected chi connectivity index (χ2v) is 3.44. The van der Waals surface area contributed by atoms with E-state index < -0.39 is 4.92 Å². The Labute approximate surface area is 98.6 Å². The van der Waals surface area contributed by atoms with Gasteiger partial charge < -0.3 is 14.9 Å². The van der Waals surface area contributed by atoms with E-state index in [0.717, 1.165) is 0 Å². The number of nitrogens with one attached hydrogen (secondary N) is 1. The lowest BCUT2D eigenvalue weighted by Crippen LogP contribution is -2.19. The minimum atomic E-state index is -0.538. The summed E-state index contributed by atoms with van der Waals surface area (Å²) >= 11 is 0. The van der Waals surface area contributed by atoms with Crippen LogP contribution in [-0.2, 0) is 4.74 Å². The monoisotopic (exact) mass is 241 g/mol. The first-order chi connectivity index (χ1) is 8.10. The quantitative estimate of drug-likeness (QED) is 0.442. The molecule has 0 bridgehead atoms. The first-order valence-electron chi connectivity index (χ1n) is 4.99. The summed E-state index contributed by atoms with van der Waals surface area (Å²) in [6, 6.07) is 4.65. The lowest BCUT2D eigenvalue weighted by molar-refractivity contribution is -0.385. The second-order valence-electron chi connectivity index (χ2n) is 3.44. The Kier molecular flexibility index (Phi) is 4.68. The van der Waals surface area contributed by atoms with Gasteiger partial charge in [-0.05, 0) is 19.1 Å². The lowest BCUT2D eigenvalue weighted by Gasteiger charge is -2.14. The van der Waals surface area contributed by atoms with E-state index >= 15 is 0 Å². The van der Waals surface area contributed by atoms with E-state index in [-0.39, 0.29) is 23.2 Å². The summed E-state index contributed by atoms with van der Waals surface area (Å²) in [4.78, 5) is 10.4. The molecule has 0 amide bonds. The van der Waals surface area contributed by atoms with Gasteiger partial charge in [0.2, 0.25) is 0 Å². The number of ether oxygens (including phenoxy) is 2. The number of nitro benzene ring substituents is 1. The third-order valence-electron chi connectivity index (χ3n) is 2.07. The van der Waals surface area contributed by atoms with Crippen LogP contribution in [0.25, 0.3) is 0 Å². The fourth-order valence-electron chi connectivity index (χ4n) is 1.41. The SMILES string of the molecule is COCC(C)Oc1cccc(NN)c1[N+](=O)[O-]. The van der Waals surface area contributed by atoms with E-state index in [9.17, 15) is 10.1 Å². The zero-order chi connectivity index (χ0) is 12.8. The van der Waals surface area contributed by atoms with Gasteiger partial charge in [-0.25, -0.2) is 0 Å². The number of hydrazine groups is 1. The third kappa shape index (κ3) is 3.30. The minimum absolute atomic E-state index is 0.162. The van der Waals surface area contributed by atoms with E-state index in [1.165, 1.54) is 19.2 Å². The Morgan fingerprint density at radius 1 is 1.59 bits per heavy atom. The molecule has 0 spiro atoms. The van der Waals surface area contributed by atoms with Crippen LogP contribution in [0.4, 0.5) is 11.4 Å². The van der Waals surface area contributed by atoms with Crippen LogP contribution in [0.5, 0.6) is 5.75 Å². The number of rotatable bonds is 6. The van der Waals surface area contributed by atoms with Gasteiger partial charge in [0.15, 0.2) is 5.75 Å². The van der Waals surface area contributed by atoms with Crippen LogP contribution >= 0.6 is 0 Å². The van der Waals surface area contributed by atoms with Gasteiger partial charge in [-0.1, -0.05) is 6.07 Å². The molecular formula is C10H15N3O4. The second kappa shape index (κ2) is 6.02. The largest absolute Gasteiger partial charge is 0.481 e. The Bertz CT molecular complexity index is 397. The number of hydrogen-bond donors (Lipinski definition) is 2. The van der Waals surface area contributed by atoms with Gasteiger partial charge >= 0.3 is 5.69 Å². The maximum Gasteiger partial charge on any atom is 0.335 e. The zero-order valence-electron chi connectivity index (χ0n) is 9.67. The molecule has 7 nitrogen and oxygen atoms in total. The molecule has 1 rings (SSSR count). The van der Waals surface area contributed by atoms with Crippen molar-refractivity contribution in [1.29, 1.82) is 0 Å². The number of nitrogens with two attached hydrogens (primary N) is 1. The summed E-state index contributed by atoms with van der Waals surface area (Å²) in [5.74, 6) is 5.37. The average Bonchev–Trinajstić information content (AvgIpc) is 2.28. The number of benzene rings is 1. The van der Waals surface area contributed by atoms with Crippen molar-refractivity contribution >= 4 is 11.4 Å². The minimum Gasteiger partial charge on any atom is -0.481 e. The number of nitrogen functional groups attached to an aromatic ring is 1. The molecule has 1 aromatic rings. The zero-order valence-corrected chi connectivity index (χ0v) is 9.67. The molecule has 1 atom stereocenters. The average molecular weight is 241 g/mol. The molecule has 3 N–H and O–H groups in total.